The van der Waals surface area contributed by atoms with E-state index in [1.165, 1.54) is 17.1 Å². The molecule has 0 bridgehead atoms. The lowest BCUT2D eigenvalue weighted by atomic mass is 10.2. The summed E-state index contributed by atoms with van der Waals surface area (Å²) < 4.78 is 9.86. The summed E-state index contributed by atoms with van der Waals surface area (Å²) in [6.45, 7) is 3.28. The van der Waals surface area contributed by atoms with Gasteiger partial charge in [0.1, 0.15) is 0 Å². The van der Waals surface area contributed by atoms with E-state index in [0.717, 1.165) is 6.42 Å². The molecule has 1 aliphatic rings. The molecule has 1 aliphatic heterocycles. The fraction of sp³-hybridized carbons (Fsp3) is 0.471. The first kappa shape index (κ1) is 18.7. The Morgan fingerprint density at radius 2 is 1.96 bits per heavy atom. The summed E-state index contributed by atoms with van der Waals surface area (Å²) >= 11 is 0. The average Bonchev–Trinajstić information content (AvgIpc) is 3.10. The highest BCUT2D eigenvalue weighted by Crippen LogP contribution is 2.17. The van der Waals surface area contributed by atoms with Gasteiger partial charge in [-0.15, -0.1) is 0 Å². The Balaban J connectivity index is 2.02. The van der Waals surface area contributed by atoms with Crippen LogP contribution in [0.25, 0.3) is 0 Å². The first-order chi connectivity index (χ1) is 12.1. The predicted molar refractivity (Wildman–Crippen MR) is 90.9 cm³/mol. The van der Waals surface area contributed by atoms with Crippen molar-refractivity contribution < 1.29 is 23.9 Å². The fourth-order valence-electron chi connectivity index (χ4n) is 2.53. The molecule has 0 saturated carbocycles. The second-order valence-corrected chi connectivity index (χ2v) is 5.47. The Morgan fingerprint density at radius 1 is 1.20 bits per heavy atom. The van der Waals surface area contributed by atoms with Crippen LogP contribution in [0.5, 0.6) is 0 Å². The summed E-state index contributed by atoms with van der Waals surface area (Å²) in [7, 11) is 1.53. The second kappa shape index (κ2) is 9.03. The molecule has 136 valence electrons. The van der Waals surface area contributed by atoms with Crippen LogP contribution in [-0.2, 0) is 14.3 Å². The van der Waals surface area contributed by atoms with E-state index < -0.39 is 12.0 Å². The van der Waals surface area contributed by atoms with Gasteiger partial charge in [-0.2, -0.15) is 0 Å². The zero-order valence-electron chi connectivity index (χ0n) is 14.5. The van der Waals surface area contributed by atoms with Gasteiger partial charge >= 0.3 is 12.0 Å². The van der Waals surface area contributed by atoms with Crippen molar-refractivity contribution in [2.75, 3.05) is 38.7 Å². The zero-order valence-corrected chi connectivity index (χ0v) is 14.5. The third kappa shape index (κ3) is 4.93. The highest BCUT2D eigenvalue weighted by Gasteiger charge is 2.30. The summed E-state index contributed by atoms with van der Waals surface area (Å²) in [6.07, 6.45) is 0.938. The molecule has 1 aromatic carbocycles. The molecule has 8 nitrogen and oxygen atoms in total. The van der Waals surface area contributed by atoms with E-state index in [9.17, 15) is 14.4 Å². The van der Waals surface area contributed by atoms with E-state index in [-0.39, 0.29) is 18.9 Å². The Kier molecular flexibility index (Phi) is 6.76. The molecule has 0 aromatic heterocycles. The summed E-state index contributed by atoms with van der Waals surface area (Å²) in [5.74, 6) is -0.606. The number of urea groups is 1. The Hall–Kier alpha value is -2.61. The number of ether oxygens (including phenoxy) is 2. The molecular weight excluding hydrogens is 326 g/mol. The minimum Gasteiger partial charge on any atom is -0.462 e. The largest absolute Gasteiger partial charge is 0.462 e. The van der Waals surface area contributed by atoms with Crippen molar-refractivity contribution in [3.63, 3.8) is 0 Å². The predicted octanol–water partition coefficient (Wildman–Crippen LogP) is 1.88. The fourth-order valence-corrected chi connectivity index (χ4v) is 2.53. The molecule has 1 fully saturated rings. The van der Waals surface area contributed by atoms with E-state index in [4.69, 9.17) is 9.47 Å². The number of hydrogen-bond acceptors (Lipinski definition) is 5. The minimum absolute atomic E-state index is 0.158. The molecule has 3 amide bonds. The third-order valence-corrected chi connectivity index (χ3v) is 3.70. The van der Waals surface area contributed by atoms with E-state index >= 15 is 0 Å². The summed E-state index contributed by atoms with van der Waals surface area (Å²) in [4.78, 5) is 36.4. The smallest absolute Gasteiger partial charge is 0.340 e. The van der Waals surface area contributed by atoms with Crippen LogP contribution in [0.15, 0.2) is 24.3 Å². The number of hydrazine groups is 1. The van der Waals surface area contributed by atoms with Crippen molar-refractivity contribution in [2.45, 2.75) is 19.8 Å². The molecular formula is C17H23N3O5. The summed E-state index contributed by atoms with van der Waals surface area (Å²) in [6, 6.07) is 6.08. The number of hydrogen-bond donors (Lipinski definition) is 1. The van der Waals surface area contributed by atoms with Crippen molar-refractivity contribution in [3.05, 3.63) is 29.8 Å². The van der Waals surface area contributed by atoms with Crippen LogP contribution < -0.4 is 5.32 Å². The maximum absolute atomic E-state index is 12.5. The number of nitrogens with zero attached hydrogens (tertiary/aromatic N) is 2. The Labute approximate surface area is 146 Å². The van der Waals surface area contributed by atoms with Gasteiger partial charge < -0.3 is 14.8 Å². The van der Waals surface area contributed by atoms with Gasteiger partial charge in [-0.25, -0.2) is 19.6 Å². The maximum atomic E-state index is 12.5. The molecule has 25 heavy (non-hydrogen) atoms. The number of methoxy groups -OCH3 is 1. The number of nitrogens with one attached hydrogen (secondary N) is 1. The van der Waals surface area contributed by atoms with Gasteiger partial charge in [-0.1, -0.05) is 6.07 Å². The third-order valence-electron chi connectivity index (χ3n) is 3.70. The lowest BCUT2D eigenvalue weighted by Crippen LogP contribution is -2.47. The topological polar surface area (TPSA) is 88.2 Å². The van der Waals surface area contributed by atoms with Gasteiger partial charge in [-0.3, -0.25) is 4.79 Å². The second-order valence-electron chi connectivity index (χ2n) is 5.47. The first-order valence-electron chi connectivity index (χ1n) is 8.21. The van der Waals surface area contributed by atoms with E-state index in [1.807, 2.05) is 0 Å². The van der Waals surface area contributed by atoms with Gasteiger partial charge in [0.2, 0.25) is 5.91 Å². The van der Waals surface area contributed by atoms with Crippen LogP contribution in [0.1, 0.15) is 30.1 Å². The van der Waals surface area contributed by atoms with Crippen LogP contribution in [-0.4, -0.2) is 61.3 Å². The molecule has 0 atom stereocenters. The minimum atomic E-state index is -0.448. The molecule has 1 saturated heterocycles. The van der Waals surface area contributed by atoms with Crippen LogP contribution in [0.2, 0.25) is 0 Å². The van der Waals surface area contributed by atoms with Crippen molar-refractivity contribution in [1.29, 1.82) is 0 Å². The van der Waals surface area contributed by atoms with E-state index in [1.54, 1.807) is 31.2 Å². The van der Waals surface area contributed by atoms with Gasteiger partial charge in [-0.05, 0) is 31.5 Å². The molecule has 0 radical (unpaired) electrons. The van der Waals surface area contributed by atoms with Crippen LogP contribution in [0.4, 0.5) is 10.5 Å². The van der Waals surface area contributed by atoms with Gasteiger partial charge in [0.05, 0.1) is 25.2 Å². The summed E-state index contributed by atoms with van der Waals surface area (Å²) in [5.41, 5.74) is 0.820. The number of rotatable bonds is 6. The monoisotopic (exact) mass is 349 g/mol. The average molecular weight is 349 g/mol. The standard InChI is InChI=1S/C17H23N3O5/c1-3-25-16(22)13-6-4-7-14(12-13)18-17(23)20-10-5-9-19(20)15(21)8-11-24-2/h4,6-7,12H,3,5,8-11H2,1-2H3,(H,18,23). The molecule has 8 heteroatoms. The van der Waals surface area contributed by atoms with Crippen molar-refractivity contribution in [2.24, 2.45) is 0 Å². The molecule has 0 aliphatic carbocycles. The Morgan fingerprint density at radius 3 is 2.68 bits per heavy atom. The van der Waals surface area contributed by atoms with Crippen molar-refractivity contribution in [3.8, 4) is 0 Å². The Bertz CT molecular complexity index is 634. The molecule has 0 spiro atoms. The van der Waals surface area contributed by atoms with E-state index in [0.29, 0.717) is 30.9 Å². The molecule has 1 heterocycles. The van der Waals surface area contributed by atoms with Crippen molar-refractivity contribution >= 4 is 23.6 Å². The molecule has 0 unspecified atom stereocenters. The number of carbonyl (C=O) groups excluding carboxylic acids is 3. The summed E-state index contributed by atoms with van der Waals surface area (Å²) in [5, 5.41) is 5.53. The number of anilines is 1. The lowest BCUT2D eigenvalue weighted by Gasteiger charge is -2.28. The van der Waals surface area contributed by atoms with Gasteiger partial charge in [0.25, 0.3) is 0 Å². The molecule has 1 aromatic rings. The highest BCUT2D eigenvalue weighted by atomic mass is 16.5. The molecule has 1 N–H and O–H groups in total. The number of esters is 1. The van der Waals surface area contributed by atoms with Crippen LogP contribution in [0.3, 0.4) is 0 Å². The molecule has 2 rings (SSSR count). The number of benzene rings is 1. The van der Waals surface area contributed by atoms with Gasteiger partial charge in [0, 0.05) is 25.9 Å². The number of carbonyl (C=O) groups is 3. The first-order valence-corrected chi connectivity index (χ1v) is 8.21. The normalized spacial score (nSPS) is 13.7. The number of amides is 3. The SMILES string of the molecule is CCOC(=O)c1cccc(NC(=O)N2CCCN2C(=O)CCOC)c1. The highest BCUT2D eigenvalue weighted by molar-refractivity contribution is 5.94. The van der Waals surface area contributed by atoms with Gasteiger partial charge in [0.15, 0.2) is 0 Å². The maximum Gasteiger partial charge on any atom is 0.340 e. The lowest BCUT2D eigenvalue weighted by molar-refractivity contribution is -0.140. The zero-order chi connectivity index (χ0) is 18.2. The van der Waals surface area contributed by atoms with E-state index in [2.05, 4.69) is 5.32 Å². The van der Waals surface area contributed by atoms with Crippen LogP contribution in [0, 0.1) is 0 Å². The van der Waals surface area contributed by atoms with Crippen molar-refractivity contribution in [1.82, 2.24) is 10.0 Å². The quantitative estimate of drug-likeness (QED) is 0.792. The van der Waals surface area contributed by atoms with Crippen LogP contribution >= 0.6 is 0 Å².